The summed E-state index contributed by atoms with van der Waals surface area (Å²) in [7, 11) is 0. The van der Waals surface area contributed by atoms with E-state index in [1.807, 2.05) is 0 Å². The molecular formula is C13H11NO. The lowest BCUT2D eigenvalue weighted by Crippen LogP contribution is -1.96. The summed E-state index contributed by atoms with van der Waals surface area (Å²) >= 11 is 0. The fourth-order valence-electron chi connectivity index (χ4n) is 1.89. The average Bonchev–Trinajstić information content (AvgIpc) is 2.82. The summed E-state index contributed by atoms with van der Waals surface area (Å²) in [6, 6.07) is 15.0. The second-order valence-electron chi connectivity index (χ2n) is 3.71. The van der Waals surface area contributed by atoms with Crippen LogP contribution in [0.15, 0.2) is 47.5 Å². The van der Waals surface area contributed by atoms with Crippen molar-refractivity contribution in [2.24, 2.45) is 4.99 Å². The molecule has 2 heteroatoms. The van der Waals surface area contributed by atoms with Crippen molar-refractivity contribution in [1.82, 2.24) is 0 Å². The lowest BCUT2D eigenvalue weighted by atomic mass is 10.0. The van der Waals surface area contributed by atoms with Gasteiger partial charge in [0.2, 0.25) is 0 Å². The van der Waals surface area contributed by atoms with Crippen LogP contribution in [0, 0.1) is 0 Å². The van der Waals surface area contributed by atoms with Crippen LogP contribution < -0.4 is 0 Å². The number of ether oxygens (including phenoxy) is 1. The third-order valence-electron chi connectivity index (χ3n) is 2.73. The van der Waals surface area contributed by atoms with Gasteiger partial charge < -0.3 is 4.74 Å². The molecule has 2 aromatic carbocycles. The molecule has 2 nitrogen and oxygen atoms in total. The molecule has 1 heterocycles. The maximum absolute atomic E-state index is 5.13. The van der Waals surface area contributed by atoms with Gasteiger partial charge in [-0.15, -0.1) is 0 Å². The molecule has 0 spiro atoms. The molecule has 0 radical (unpaired) electrons. The van der Waals surface area contributed by atoms with E-state index in [1.165, 1.54) is 16.3 Å². The normalized spacial score (nSPS) is 19.3. The van der Waals surface area contributed by atoms with Gasteiger partial charge in [0.25, 0.3) is 0 Å². The maximum atomic E-state index is 5.13. The molecule has 0 bridgehead atoms. The Morgan fingerprint density at radius 1 is 1.07 bits per heavy atom. The highest BCUT2D eigenvalue weighted by atomic mass is 16.5. The summed E-state index contributed by atoms with van der Waals surface area (Å²) in [6.07, 6.45) is 1.54. The highest BCUT2D eigenvalue weighted by Crippen LogP contribution is 2.24. The zero-order chi connectivity index (χ0) is 10.1. The van der Waals surface area contributed by atoms with Crippen molar-refractivity contribution in [2.75, 3.05) is 6.61 Å². The van der Waals surface area contributed by atoms with E-state index >= 15 is 0 Å². The van der Waals surface area contributed by atoms with Gasteiger partial charge in [-0.05, 0) is 22.4 Å². The summed E-state index contributed by atoms with van der Waals surface area (Å²) in [5, 5.41) is 2.53. The van der Waals surface area contributed by atoms with E-state index < -0.39 is 0 Å². The average molecular weight is 197 g/mol. The minimum absolute atomic E-state index is 0.176. The standard InChI is InChI=1S/C13H11NO/c1-2-4-11-7-12(6-5-10(11)3-1)13-8-15-9-14-13/h1-7,9,13H,8H2. The van der Waals surface area contributed by atoms with E-state index in [4.69, 9.17) is 4.74 Å². The monoisotopic (exact) mass is 197 g/mol. The zero-order valence-corrected chi connectivity index (χ0v) is 8.26. The maximum Gasteiger partial charge on any atom is 0.170 e. The molecule has 0 amide bonds. The first kappa shape index (κ1) is 8.48. The summed E-state index contributed by atoms with van der Waals surface area (Å²) in [5.74, 6) is 0. The molecule has 0 saturated carbocycles. The van der Waals surface area contributed by atoms with Crippen LogP contribution in [0.5, 0.6) is 0 Å². The van der Waals surface area contributed by atoms with Crippen LogP contribution in [-0.2, 0) is 4.74 Å². The third-order valence-corrected chi connectivity index (χ3v) is 2.73. The summed E-state index contributed by atoms with van der Waals surface area (Å²) in [4.78, 5) is 4.27. The number of benzene rings is 2. The van der Waals surface area contributed by atoms with Gasteiger partial charge in [0.1, 0.15) is 12.6 Å². The molecule has 0 saturated heterocycles. The van der Waals surface area contributed by atoms with Gasteiger partial charge in [-0.2, -0.15) is 0 Å². The van der Waals surface area contributed by atoms with Crippen molar-refractivity contribution in [1.29, 1.82) is 0 Å². The topological polar surface area (TPSA) is 21.6 Å². The van der Waals surface area contributed by atoms with Gasteiger partial charge in [0, 0.05) is 0 Å². The van der Waals surface area contributed by atoms with Gasteiger partial charge in [-0.25, -0.2) is 4.99 Å². The van der Waals surface area contributed by atoms with Crippen molar-refractivity contribution in [3.05, 3.63) is 48.0 Å². The Bertz CT molecular complexity index is 519. The van der Waals surface area contributed by atoms with Crippen LogP contribution >= 0.6 is 0 Å². The van der Waals surface area contributed by atoms with Crippen molar-refractivity contribution in [2.45, 2.75) is 6.04 Å². The van der Waals surface area contributed by atoms with Gasteiger partial charge in [-0.3, -0.25) is 0 Å². The molecule has 0 aliphatic carbocycles. The fourth-order valence-corrected chi connectivity index (χ4v) is 1.89. The second-order valence-corrected chi connectivity index (χ2v) is 3.71. The number of nitrogens with zero attached hydrogens (tertiary/aromatic N) is 1. The number of hydrogen-bond donors (Lipinski definition) is 0. The largest absolute Gasteiger partial charge is 0.481 e. The molecule has 74 valence electrons. The van der Waals surface area contributed by atoms with Gasteiger partial charge in [0.05, 0.1) is 0 Å². The molecule has 1 atom stereocenters. The van der Waals surface area contributed by atoms with Crippen LogP contribution in [0.3, 0.4) is 0 Å². The van der Waals surface area contributed by atoms with Crippen LogP contribution in [0.1, 0.15) is 11.6 Å². The van der Waals surface area contributed by atoms with E-state index in [-0.39, 0.29) is 6.04 Å². The second kappa shape index (κ2) is 3.39. The van der Waals surface area contributed by atoms with Crippen LogP contribution in [0.2, 0.25) is 0 Å². The minimum Gasteiger partial charge on any atom is -0.481 e. The van der Waals surface area contributed by atoms with Gasteiger partial charge in [0.15, 0.2) is 6.40 Å². The highest BCUT2D eigenvalue weighted by molar-refractivity contribution is 5.83. The van der Waals surface area contributed by atoms with E-state index in [9.17, 15) is 0 Å². The SMILES string of the molecule is C1=NC(c2ccc3ccccc3c2)CO1. The number of hydrogen-bond acceptors (Lipinski definition) is 2. The Kier molecular flexibility index (Phi) is 1.91. The first-order valence-corrected chi connectivity index (χ1v) is 5.05. The van der Waals surface area contributed by atoms with Crippen molar-refractivity contribution >= 4 is 17.2 Å². The first-order chi connectivity index (χ1) is 7.43. The number of fused-ring (bicyclic) bond motifs is 1. The van der Waals surface area contributed by atoms with Crippen molar-refractivity contribution in [3.63, 3.8) is 0 Å². The highest BCUT2D eigenvalue weighted by Gasteiger charge is 2.13. The Balaban J connectivity index is 2.09. The summed E-state index contributed by atoms with van der Waals surface area (Å²) in [5.41, 5.74) is 1.22. The zero-order valence-electron chi connectivity index (χ0n) is 8.26. The molecule has 1 aliphatic rings. The smallest absolute Gasteiger partial charge is 0.170 e. The Labute approximate surface area is 88.2 Å². The minimum atomic E-state index is 0.176. The lowest BCUT2D eigenvalue weighted by Gasteiger charge is -2.06. The predicted octanol–water partition coefficient (Wildman–Crippen LogP) is 2.94. The van der Waals surface area contributed by atoms with Crippen LogP contribution in [-0.4, -0.2) is 13.0 Å². The fraction of sp³-hybridized carbons (Fsp3) is 0.154. The number of rotatable bonds is 1. The molecular weight excluding hydrogens is 186 g/mol. The van der Waals surface area contributed by atoms with Crippen LogP contribution in [0.4, 0.5) is 0 Å². The Morgan fingerprint density at radius 3 is 2.73 bits per heavy atom. The van der Waals surface area contributed by atoms with Gasteiger partial charge in [-0.1, -0.05) is 36.4 Å². The van der Waals surface area contributed by atoms with Gasteiger partial charge >= 0.3 is 0 Å². The molecule has 0 N–H and O–H groups in total. The Hall–Kier alpha value is -1.83. The molecule has 1 unspecified atom stereocenters. The predicted molar refractivity (Wildman–Crippen MR) is 61.1 cm³/mol. The first-order valence-electron chi connectivity index (χ1n) is 5.05. The van der Waals surface area contributed by atoms with E-state index in [1.54, 1.807) is 6.40 Å². The van der Waals surface area contributed by atoms with E-state index in [0.29, 0.717) is 6.61 Å². The summed E-state index contributed by atoms with van der Waals surface area (Å²) < 4.78 is 5.13. The third kappa shape index (κ3) is 1.48. The molecule has 0 aromatic heterocycles. The number of aliphatic imine (C=N–C) groups is 1. The molecule has 15 heavy (non-hydrogen) atoms. The van der Waals surface area contributed by atoms with E-state index in [2.05, 4.69) is 47.5 Å². The molecule has 0 fully saturated rings. The quantitative estimate of drug-likeness (QED) is 0.688. The molecule has 2 aromatic rings. The summed E-state index contributed by atoms with van der Waals surface area (Å²) in [6.45, 7) is 0.665. The lowest BCUT2D eigenvalue weighted by molar-refractivity contribution is 0.330. The molecule has 1 aliphatic heterocycles. The van der Waals surface area contributed by atoms with Crippen molar-refractivity contribution < 1.29 is 4.74 Å². The molecule has 3 rings (SSSR count). The van der Waals surface area contributed by atoms with Crippen molar-refractivity contribution in [3.8, 4) is 0 Å². The van der Waals surface area contributed by atoms with Crippen LogP contribution in [0.25, 0.3) is 10.8 Å². The van der Waals surface area contributed by atoms with E-state index in [0.717, 1.165) is 0 Å². The Morgan fingerprint density at radius 2 is 1.93 bits per heavy atom.